The number of nitrogens with zero attached hydrogens (tertiary/aromatic N) is 3. The summed E-state index contributed by atoms with van der Waals surface area (Å²) in [4.78, 5) is 6.60. The summed E-state index contributed by atoms with van der Waals surface area (Å²) in [6, 6.07) is 3.42. The van der Waals surface area contributed by atoms with Gasteiger partial charge in [-0.1, -0.05) is 0 Å². The predicted molar refractivity (Wildman–Crippen MR) is 84.3 cm³/mol. The molecule has 8 heteroatoms. The van der Waals surface area contributed by atoms with Crippen LogP contribution in [0.1, 0.15) is 23.7 Å². The molecule has 3 rings (SSSR count). The highest BCUT2D eigenvalue weighted by Crippen LogP contribution is 2.25. The largest absolute Gasteiger partial charge is 0.449 e. The van der Waals surface area contributed by atoms with E-state index in [0.717, 1.165) is 5.01 Å². The van der Waals surface area contributed by atoms with Gasteiger partial charge < -0.3 is 4.42 Å². The minimum atomic E-state index is -3.52. The number of aromatic nitrogens is 1. The molecule has 6 nitrogen and oxygen atoms in total. The summed E-state index contributed by atoms with van der Waals surface area (Å²) in [6.45, 7) is 6.18. The zero-order valence-electron chi connectivity index (χ0n) is 12.6. The Bertz CT molecular complexity index is 716. The number of sulfonamides is 1. The molecule has 1 fully saturated rings. The van der Waals surface area contributed by atoms with E-state index < -0.39 is 10.0 Å². The van der Waals surface area contributed by atoms with Gasteiger partial charge in [0.05, 0.1) is 6.04 Å². The number of hydrogen-bond donors (Lipinski definition) is 0. The maximum absolute atomic E-state index is 12.5. The monoisotopic (exact) mass is 341 g/mol. The molecule has 0 saturated carbocycles. The average Bonchev–Trinajstić information content (AvgIpc) is 3.18. The van der Waals surface area contributed by atoms with Gasteiger partial charge in [0.15, 0.2) is 0 Å². The van der Waals surface area contributed by atoms with Crippen LogP contribution in [-0.2, 0) is 10.0 Å². The molecule has 0 spiro atoms. The Labute approximate surface area is 134 Å². The third kappa shape index (κ3) is 2.96. The van der Waals surface area contributed by atoms with Crippen LogP contribution >= 0.6 is 11.3 Å². The topological polar surface area (TPSA) is 66.7 Å². The van der Waals surface area contributed by atoms with E-state index in [2.05, 4.69) is 16.8 Å². The van der Waals surface area contributed by atoms with Crippen LogP contribution in [0.25, 0.3) is 0 Å². The zero-order valence-corrected chi connectivity index (χ0v) is 14.2. The van der Waals surface area contributed by atoms with Crippen LogP contribution in [0.4, 0.5) is 0 Å². The minimum absolute atomic E-state index is 0.0337. The number of furan rings is 1. The Balaban J connectivity index is 1.67. The molecule has 0 bridgehead atoms. The van der Waals surface area contributed by atoms with E-state index in [1.807, 2.05) is 5.38 Å². The molecule has 0 N–H and O–H groups in total. The molecule has 1 atom stereocenters. The second kappa shape index (κ2) is 6.11. The van der Waals surface area contributed by atoms with Crippen molar-refractivity contribution in [1.82, 2.24) is 14.2 Å². The van der Waals surface area contributed by atoms with Crippen LogP contribution in [-0.4, -0.2) is 48.8 Å². The van der Waals surface area contributed by atoms with E-state index in [0.29, 0.717) is 31.9 Å². The first-order chi connectivity index (χ1) is 10.5. The highest BCUT2D eigenvalue weighted by molar-refractivity contribution is 7.89. The molecule has 1 aliphatic rings. The zero-order chi connectivity index (χ0) is 15.7. The van der Waals surface area contributed by atoms with Gasteiger partial charge in [0.1, 0.15) is 10.8 Å². The molecule has 0 amide bonds. The van der Waals surface area contributed by atoms with Crippen LogP contribution in [0.15, 0.2) is 33.2 Å². The van der Waals surface area contributed by atoms with Crippen molar-refractivity contribution in [2.45, 2.75) is 25.0 Å². The van der Waals surface area contributed by atoms with Crippen molar-refractivity contribution in [2.24, 2.45) is 0 Å². The van der Waals surface area contributed by atoms with Crippen LogP contribution in [0.2, 0.25) is 0 Å². The molecular weight excluding hydrogens is 322 g/mol. The number of piperazine rings is 1. The number of thiazole rings is 1. The first-order valence-electron chi connectivity index (χ1n) is 7.18. The van der Waals surface area contributed by atoms with Crippen molar-refractivity contribution in [3.05, 3.63) is 34.5 Å². The lowest BCUT2D eigenvalue weighted by Crippen LogP contribution is -2.49. The summed E-state index contributed by atoms with van der Waals surface area (Å²) in [7, 11) is -3.52. The van der Waals surface area contributed by atoms with E-state index in [-0.39, 0.29) is 11.1 Å². The molecule has 1 saturated heterocycles. The van der Waals surface area contributed by atoms with Gasteiger partial charge in [0.2, 0.25) is 5.09 Å². The number of hydrogen-bond acceptors (Lipinski definition) is 6. The average molecular weight is 341 g/mol. The summed E-state index contributed by atoms with van der Waals surface area (Å²) in [6.07, 6.45) is 1.80. The molecule has 0 aromatic carbocycles. The van der Waals surface area contributed by atoms with Crippen LogP contribution in [0.5, 0.6) is 0 Å². The van der Waals surface area contributed by atoms with E-state index in [1.54, 1.807) is 30.5 Å². The van der Waals surface area contributed by atoms with Crippen LogP contribution in [0.3, 0.4) is 0 Å². The van der Waals surface area contributed by atoms with Gasteiger partial charge in [-0.2, -0.15) is 4.31 Å². The molecule has 0 unspecified atom stereocenters. The Morgan fingerprint density at radius 3 is 2.55 bits per heavy atom. The maximum atomic E-state index is 12.5. The number of rotatable bonds is 4. The lowest BCUT2D eigenvalue weighted by Gasteiger charge is -2.36. The number of aryl methyl sites for hydroxylation is 1. The van der Waals surface area contributed by atoms with Crippen LogP contribution in [0, 0.1) is 6.92 Å². The lowest BCUT2D eigenvalue weighted by molar-refractivity contribution is 0.144. The fraction of sp³-hybridized carbons (Fsp3) is 0.500. The van der Waals surface area contributed by atoms with Gasteiger partial charge in [-0.3, -0.25) is 4.90 Å². The smallest absolute Gasteiger partial charge is 0.276 e. The molecule has 0 radical (unpaired) electrons. The second-order valence-electron chi connectivity index (χ2n) is 5.35. The normalized spacial score (nSPS) is 19.4. The molecule has 0 aliphatic carbocycles. The third-order valence-electron chi connectivity index (χ3n) is 3.94. The van der Waals surface area contributed by atoms with Gasteiger partial charge in [-0.05, 0) is 26.0 Å². The van der Waals surface area contributed by atoms with Gasteiger partial charge >= 0.3 is 0 Å². The predicted octanol–water partition coefficient (Wildman–Crippen LogP) is 2.11. The van der Waals surface area contributed by atoms with E-state index in [9.17, 15) is 8.42 Å². The molecular formula is C14H19N3O3S2. The van der Waals surface area contributed by atoms with Gasteiger partial charge in [-0.15, -0.1) is 11.3 Å². The third-order valence-corrected chi connectivity index (χ3v) is 6.66. The van der Waals surface area contributed by atoms with Crippen LogP contribution < -0.4 is 0 Å². The molecule has 3 heterocycles. The summed E-state index contributed by atoms with van der Waals surface area (Å²) in [5, 5.41) is 3.07. The Morgan fingerprint density at radius 2 is 2.00 bits per heavy atom. The van der Waals surface area contributed by atoms with Crippen molar-refractivity contribution in [1.29, 1.82) is 0 Å². The fourth-order valence-corrected chi connectivity index (χ4v) is 4.71. The second-order valence-corrected chi connectivity index (χ2v) is 8.15. The van der Waals surface area contributed by atoms with Crippen molar-refractivity contribution < 1.29 is 12.8 Å². The molecule has 1 aliphatic heterocycles. The van der Waals surface area contributed by atoms with E-state index in [4.69, 9.17) is 4.42 Å². The fourth-order valence-electron chi connectivity index (χ4n) is 2.61. The highest BCUT2D eigenvalue weighted by Gasteiger charge is 2.32. The molecule has 2 aromatic heterocycles. The Morgan fingerprint density at radius 1 is 1.27 bits per heavy atom. The first-order valence-corrected chi connectivity index (χ1v) is 9.50. The maximum Gasteiger partial charge on any atom is 0.276 e. The molecule has 2 aromatic rings. The van der Waals surface area contributed by atoms with E-state index >= 15 is 0 Å². The quantitative estimate of drug-likeness (QED) is 0.852. The van der Waals surface area contributed by atoms with Crippen molar-refractivity contribution in [3.8, 4) is 0 Å². The van der Waals surface area contributed by atoms with Crippen molar-refractivity contribution in [3.63, 3.8) is 0 Å². The standard InChI is InChI=1S/C14H19N3O3S2/c1-11-3-4-13(20-11)22(18,19)17-8-6-16(7-9-17)12(2)14-15-5-10-21-14/h3-5,10,12H,6-9H2,1-2H3/t12-/m0/s1. The summed E-state index contributed by atoms with van der Waals surface area (Å²) < 4.78 is 31.8. The van der Waals surface area contributed by atoms with Gasteiger partial charge in [0, 0.05) is 37.8 Å². The van der Waals surface area contributed by atoms with Crippen molar-refractivity contribution >= 4 is 21.4 Å². The SMILES string of the molecule is Cc1ccc(S(=O)(=O)N2CCN([C@@H](C)c3nccs3)CC2)o1. The van der Waals surface area contributed by atoms with Gasteiger partial charge in [-0.25, -0.2) is 13.4 Å². The van der Waals surface area contributed by atoms with E-state index in [1.165, 1.54) is 10.4 Å². The Hall–Kier alpha value is -1.22. The highest BCUT2D eigenvalue weighted by atomic mass is 32.2. The first kappa shape index (κ1) is 15.7. The van der Waals surface area contributed by atoms with Crippen molar-refractivity contribution in [2.75, 3.05) is 26.2 Å². The summed E-state index contributed by atoms with van der Waals surface area (Å²) in [5.74, 6) is 0.606. The molecule has 22 heavy (non-hydrogen) atoms. The minimum Gasteiger partial charge on any atom is -0.449 e. The summed E-state index contributed by atoms with van der Waals surface area (Å²) in [5.41, 5.74) is 0. The lowest BCUT2D eigenvalue weighted by atomic mass is 10.2. The van der Waals surface area contributed by atoms with Gasteiger partial charge in [0.25, 0.3) is 10.0 Å². The Kier molecular flexibility index (Phi) is 4.35. The molecule has 120 valence electrons. The summed E-state index contributed by atoms with van der Waals surface area (Å²) >= 11 is 1.63.